The summed E-state index contributed by atoms with van der Waals surface area (Å²) in [6.07, 6.45) is 2.52. The van der Waals surface area contributed by atoms with Gasteiger partial charge in [0, 0.05) is 47.2 Å². The van der Waals surface area contributed by atoms with E-state index in [1.165, 1.54) is 66.8 Å². The van der Waals surface area contributed by atoms with Gasteiger partial charge in [-0.25, -0.2) is 14.8 Å². The van der Waals surface area contributed by atoms with Crippen LogP contribution in [-0.4, -0.2) is 138 Å². The number of carboxylic acids is 2. The number of nitrogens with zero attached hydrogens (tertiary/aromatic N) is 2. The summed E-state index contributed by atoms with van der Waals surface area (Å²) in [5.41, 5.74) is 2.75. The van der Waals surface area contributed by atoms with E-state index in [0.717, 1.165) is 0 Å². The first-order chi connectivity index (χ1) is 36.3. The molecule has 1 spiro atoms. The van der Waals surface area contributed by atoms with Crippen LogP contribution in [0.3, 0.4) is 0 Å². The van der Waals surface area contributed by atoms with Crippen molar-refractivity contribution in [3.63, 3.8) is 0 Å². The molecule has 7 rings (SSSR count). The van der Waals surface area contributed by atoms with Gasteiger partial charge in [0.15, 0.2) is 11.4 Å². The molecule has 0 bridgehead atoms. The number of phenols is 2. The molecule has 23 nitrogen and oxygen atoms in total. The minimum absolute atomic E-state index is 0.0817. The molecule has 4 aliphatic rings. The molecule has 1 saturated heterocycles. The van der Waals surface area contributed by atoms with Crippen LogP contribution in [0, 0.1) is 0 Å². The summed E-state index contributed by atoms with van der Waals surface area (Å²) in [5, 5.41) is 68.1. The number of aliphatic carboxylic acids is 2. The van der Waals surface area contributed by atoms with Gasteiger partial charge in [0.25, 0.3) is 0 Å². The lowest BCUT2D eigenvalue weighted by atomic mass is 9.76. The van der Waals surface area contributed by atoms with Crippen molar-refractivity contribution in [1.29, 1.82) is 0 Å². The minimum Gasteiger partial charge on any atom is -0.508 e. The van der Waals surface area contributed by atoms with Crippen LogP contribution >= 0.6 is 24.4 Å². The standard InChI is InChI=1S/C51H52N8O15S2/c52-17-2-1-7-33(44(67)29-5-3-6-32-43(29)49(72)74-51(32)30-11-9-26(60)19-38(30)73-39-20-27(61)10-12-31(39)51)56-46(69)35(13-14-41(63)64)57-47(70)36(22-42(65)66)58-48(71)37(59-45(68)34-8-4-18-53-34)23-50(55-25-76)16-15-28(62)21-40(50)54-24-75/h3,5-6,9-12,15-16,19-21,33-37,40,53,60-62H,1-2,4,7-8,13-14,17-18,22-23,52H2,(H,56,69)(H,57,70)(H,58,71)(H,59,68)(H,63,64)(H,65,66)/t33-,34-,35-,36-,37-,40?,50?/m0/s1. The maximum absolute atomic E-state index is 14.9. The van der Waals surface area contributed by atoms with E-state index in [9.17, 15) is 63.9 Å². The fourth-order valence-electron chi connectivity index (χ4n) is 9.67. The van der Waals surface area contributed by atoms with Crippen molar-refractivity contribution in [2.24, 2.45) is 15.7 Å². The van der Waals surface area contributed by atoms with E-state index in [4.69, 9.17) is 39.6 Å². The predicted octanol–water partition coefficient (Wildman–Crippen LogP) is 2.72. The summed E-state index contributed by atoms with van der Waals surface area (Å²) in [7, 11) is 0. The third-order valence-corrected chi connectivity index (χ3v) is 13.5. The highest BCUT2D eigenvalue weighted by Gasteiger charge is 2.55. The SMILES string of the molecule is NCCCC[C@H](NC(=O)[C@H](CCC(=O)O)NC(=O)[C@H](CC(=O)O)NC(=O)[C@H](CC1(N=C=S)C=CC(O)=CC1N=C=S)NC(=O)[C@@H]1CCCN1)C(=O)c1cccc2c1C(=O)OC21c2ccc(O)cc2Oc2cc(O)ccc21. The number of allylic oxidation sites excluding steroid dienone is 1. The summed E-state index contributed by atoms with van der Waals surface area (Å²) < 4.78 is 12.2. The Morgan fingerprint density at radius 2 is 1.46 bits per heavy atom. The summed E-state index contributed by atoms with van der Waals surface area (Å²) in [6.45, 7) is 0.684. The predicted molar refractivity (Wildman–Crippen MR) is 274 cm³/mol. The Bertz CT molecular complexity index is 2970. The molecule has 7 atom stereocenters. The fourth-order valence-corrected chi connectivity index (χ4v) is 9.96. The van der Waals surface area contributed by atoms with Crippen molar-refractivity contribution in [1.82, 2.24) is 26.6 Å². The second-order valence-corrected chi connectivity index (χ2v) is 18.7. The summed E-state index contributed by atoms with van der Waals surface area (Å²) in [4.78, 5) is 118. The molecule has 12 N–H and O–H groups in total. The van der Waals surface area contributed by atoms with Crippen molar-refractivity contribution in [3.8, 4) is 23.0 Å². The first kappa shape index (κ1) is 55.6. The maximum atomic E-state index is 14.9. The van der Waals surface area contributed by atoms with Crippen LogP contribution in [0.2, 0.25) is 0 Å². The van der Waals surface area contributed by atoms with Gasteiger partial charge >= 0.3 is 17.9 Å². The number of aliphatic hydroxyl groups is 1. The largest absolute Gasteiger partial charge is 0.508 e. The first-order valence-electron chi connectivity index (χ1n) is 23.9. The molecule has 4 amide bonds. The van der Waals surface area contributed by atoms with Crippen LogP contribution in [0.4, 0.5) is 0 Å². The van der Waals surface area contributed by atoms with Crippen molar-refractivity contribution in [2.45, 2.75) is 105 Å². The number of phenolic OH excluding ortho intramolecular Hbond substituents is 2. The molecule has 1 fully saturated rings. The second-order valence-electron chi connectivity index (χ2n) is 18.3. The zero-order valence-corrected chi connectivity index (χ0v) is 41.9. The molecular formula is C51H52N8O15S2. The fraction of sp³-hybridized carbons (Fsp3) is 0.373. The monoisotopic (exact) mass is 1080 g/mol. The zero-order chi connectivity index (χ0) is 54.9. The Kier molecular flexibility index (Phi) is 17.5. The number of hydrogen-bond acceptors (Lipinski definition) is 19. The van der Waals surface area contributed by atoms with Gasteiger partial charge in [-0.15, -0.1) is 0 Å². The molecule has 3 aromatic carbocycles. The Hall–Kier alpha value is -8.18. The highest BCUT2D eigenvalue weighted by molar-refractivity contribution is 7.78. The number of ketones is 1. The van der Waals surface area contributed by atoms with E-state index in [0.29, 0.717) is 25.8 Å². The highest BCUT2D eigenvalue weighted by atomic mass is 32.1. The second kappa shape index (κ2) is 24.0. The number of fused-ring (bicyclic) bond motifs is 6. The Morgan fingerprint density at radius 1 is 0.803 bits per heavy atom. The number of aliphatic imine (C=N–C) groups is 2. The van der Waals surface area contributed by atoms with Crippen molar-refractivity contribution in [2.75, 3.05) is 13.1 Å². The van der Waals surface area contributed by atoms with Crippen LogP contribution < -0.4 is 37.1 Å². The Labute approximate surface area is 443 Å². The summed E-state index contributed by atoms with van der Waals surface area (Å²) in [6, 6.07) is 3.92. The minimum atomic E-state index is -1.99. The van der Waals surface area contributed by atoms with E-state index < -0.39 is 120 Å². The van der Waals surface area contributed by atoms with Gasteiger partial charge in [0.05, 0.1) is 34.4 Å². The number of carbonyl (C=O) groups excluding carboxylic acids is 6. The number of nitrogens with two attached hydrogens (primary N) is 1. The quantitative estimate of drug-likeness (QED) is 0.0214. The van der Waals surface area contributed by atoms with E-state index in [2.05, 4.69) is 46.9 Å². The normalized spacial score (nSPS) is 19.9. The van der Waals surface area contributed by atoms with Crippen molar-refractivity contribution in [3.05, 3.63) is 106 Å². The molecule has 3 heterocycles. The number of carbonyl (C=O) groups is 8. The van der Waals surface area contributed by atoms with Gasteiger partial charge in [-0.3, -0.25) is 33.6 Å². The number of amides is 4. The van der Waals surface area contributed by atoms with Crippen LogP contribution in [0.1, 0.15) is 95.2 Å². The molecule has 0 radical (unpaired) electrons. The van der Waals surface area contributed by atoms with Gasteiger partial charge in [-0.2, -0.15) is 0 Å². The van der Waals surface area contributed by atoms with Gasteiger partial charge in [0.2, 0.25) is 23.6 Å². The third-order valence-electron chi connectivity index (χ3n) is 13.3. The molecule has 0 saturated carbocycles. The number of rotatable bonds is 23. The number of aromatic hydroxyl groups is 2. The van der Waals surface area contributed by atoms with Gasteiger partial charge in [-0.05, 0) is 112 Å². The molecule has 2 unspecified atom stereocenters. The molecule has 25 heteroatoms. The Morgan fingerprint density at radius 3 is 2.08 bits per heavy atom. The van der Waals surface area contributed by atoms with Crippen LogP contribution in [-0.2, 0) is 39.1 Å². The molecule has 3 aliphatic heterocycles. The molecule has 398 valence electrons. The van der Waals surface area contributed by atoms with Crippen LogP contribution in [0.5, 0.6) is 23.0 Å². The average molecular weight is 1080 g/mol. The lowest BCUT2D eigenvalue weighted by molar-refractivity contribution is -0.141. The number of esters is 1. The number of carboxylic acid groups (broad SMARTS) is 2. The number of isothiocyanates is 2. The van der Waals surface area contributed by atoms with Gasteiger partial charge < -0.3 is 67.3 Å². The molecular weight excluding hydrogens is 1030 g/mol. The van der Waals surface area contributed by atoms with E-state index in [1.807, 2.05) is 0 Å². The topological polar surface area (TPSA) is 367 Å². The van der Waals surface area contributed by atoms with E-state index in [1.54, 1.807) is 6.07 Å². The smallest absolute Gasteiger partial charge is 0.340 e. The number of ether oxygens (including phenoxy) is 2. The van der Waals surface area contributed by atoms with Crippen molar-refractivity contribution < 1.29 is 73.4 Å². The number of benzene rings is 3. The third kappa shape index (κ3) is 12.0. The number of Topliss-reactive ketones (excluding diaryl/α,β-unsaturated/α-hetero) is 1. The first-order valence-corrected chi connectivity index (χ1v) is 24.8. The number of thiocarbonyl (C=S) groups is 2. The molecule has 1 aliphatic carbocycles. The van der Waals surface area contributed by atoms with E-state index >= 15 is 0 Å². The summed E-state index contributed by atoms with van der Waals surface area (Å²) >= 11 is 9.74. The van der Waals surface area contributed by atoms with Gasteiger partial charge in [0.1, 0.15) is 58.5 Å². The number of aliphatic hydroxyl groups excluding tert-OH is 1. The summed E-state index contributed by atoms with van der Waals surface area (Å²) in [5.74, 6) is -9.31. The van der Waals surface area contributed by atoms with Crippen LogP contribution in [0.15, 0.2) is 88.6 Å². The lowest BCUT2D eigenvalue weighted by Gasteiger charge is -2.36. The maximum Gasteiger partial charge on any atom is 0.340 e. The number of nitrogens with one attached hydrogen (secondary N) is 5. The Balaban J connectivity index is 1.18. The molecule has 0 aromatic heterocycles. The average Bonchev–Trinajstić information content (AvgIpc) is 4.14. The van der Waals surface area contributed by atoms with Gasteiger partial charge in [-0.1, -0.05) is 24.3 Å². The molecule has 3 aromatic rings. The zero-order valence-electron chi connectivity index (χ0n) is 40.3. The molecule has 76 heavy (non-hydrogen) atoms. The van der Waals surface area contributed by atoms with Crippen molar-refractivity contribution >= 4 is 82.1 Å². The van der Waals surface area contributed by atoms with E-state index in [-0.39, 0.29) is 76.0 Å². The lowest BCUT2D eigenvalue weighted by Crippen LogP contribution is -2.60. The highest BCUT2D eigenvalue weighted by Crippen LogP contribution is 2.57. The number of unbranched alkanes of at least 4 members (excludes halogenated alkanes) is 1. The number of hydrogen-bond donors (Lipinski definition) is 11. The van der Waals surface area contributed by atoms with Crippen LogP contribution in [0.25, 0.3) is 0 Å².